The zero-order valence-corrected chi connectivity index (χ0v) is 19.0. The first-order valence-electron chi connectivity index (χ1n) is 10.4. The SMILES string of the molecule is COc1ccc(CCC(=O)N2CCN(S(=O)(=O)c3ccc(C(C)C)cc3)CC2)cc1F. The second kappa shape index (κ2) is 9.78. The number of hydrogen-bond acceptors (Lipinski definition) is 4. The normalized spacial score (nSPS) is 15.3. The lowest BCUT2D eigenvalue weighted by molar-refractivity contribution is -0.132. The number of aryl methyl sites for hydroxylation is 1. The van der Waals surface area contributed by atoms with Gasteiger partial charge in [-0.1, -0.05) is 32.0 Å². The second-order valence-corrected chi connectivity index (χ2v) is 9.92. The Balaban J connectivity index is 1.54. The maximum Gasteiger partial charge on any atom is 0.243 e. The summed E-state index contributed by atoms with van der Waals surface area (Å²) in [6, 6.07) is 11.7. The number of benzene rings is 2. The quantitative estimate of drug-likeness (QED) is 0.651. The average Bonchev–Trinajstić information content (AvgIpc) is 2.77. The van der Waals surface area contributed by atoms with Crippen LogP contribution in [0.2, 0.25) is 0 Å². The van der Waals surface area contributed by atoms with E-state index in [9.17, 15) is 17.6 Å². The van der Waals surface area contributed by atoms with Crippen molar-refractivity contribution < 1.29 is 22.3 Å². The maximum atomic E-state index is 13.8. The number of piperazine rings is 1. The van der Waals surface area contributed by atoms with Crippen molar-refractivity contribution in [3.63, 3.8) is 0 Å². The molecule has 0 N–H and O–H groups in total. The van der Waals surface area contributed by atoms with Crippen molar-refractivity contribution >= 4 is 15.9 Å². The lowest BCUT2D eigenvalue weighted by Gasteiger charge is -2.34. The number of nitrogens with zero attached hydrogens (tertiary/aromatic N) is 2. The van der Waals surface area contributed by atoms with Gasteiger partial charge in [0.25, 0.3) is 0 Å². The third kappa shape index (κ3) is 5.43. The summed E-state index contributed by atoms with van der Waals surface area (Å²) in [7, 11) is -2.17. The third-order valence-corrected chi connectivity index (χ3v) is 7.53. The van der Waals surface area contributed by atoms with Crippen molar-refractivity contribution in [2.24, 2.45) is 0 Å². The molecular formula is C23H29FN2O4S. The highest BCUT2D eigenvalue weighted by atomic mass is 32.2. The van der Waals surface area contributed by atoms with Gasteiger partial charge in [0.1, 0.15) is 0 Å². The van der Waals surface area contributed by atoms with Crippen LogP contribution in [-0.4, -0.2) is 56.8 Å². The third-order valence-electron chi connectivity index (χ3n) is 5.62. The minimum absolute atomic E-state index is 0.0606. The van der Waals surface area contributed by atoms with Gasteiger partial charge in [-0.2, -0.15) is 4.31 Å². The van der Waals surface area contributed by atoms with Gasteiger partial charge < -0.3 is 9.64 Å². The van der Waals surface area contributed by atoms with Gasteiger partial charge in [-0.3, -0.25) is 4.79 Å². The minimum atomic E-state index is -3.58. The number of methoxy groups -OCH3 is 1. The summed E-state index contributed by atoms with van der Waals surface area (Å²) in [6.45, 7) is 5.34. The molecule has 8 heteroatoms. The molecule has 31 heavy (non-hydrogen) atoms. The molecule has 1 amide bonds. The van der Waals surface area contributed by atoms with Crippen LogP contribution in [0.15, 0.2) is 47.4 Å². The molecule has 0 unspecified atom stereocenters. The highest BCUT2D eigenvalue weighted by molar-refractivity contribution is 7.89. The van der Waals surface area contributed by atoms with Crippen LogP contribution in [0, 0.1) is 5.82 Å². The number of sulfonamides is 1. The fourth-order valence-electron chi connectivity index (χ4n) is 3.63. The first-order chi connectivity index (χ1) is 14.7. The molecule has 0 spiro atoms. The molecule has 0 atom stereocenters. The number of ether oxygens (including phenoxy) is 1. The fourth-order valence-corrected chi connectivity index (χ4v) is 5.05. The van der Waals surface area contributed by atoms with Crippen molar-refractivity contribution in [1.82, 2.24) is 9.21 Å². The van der Waals surface area contributed by atoms with E-state index in [4.69, 9.17) is 4.74 Å². The van der Waals surface area contributed by atoms with E-state index in [0.717, 1.165) is 11.1 Å². The van der Waals surface area contributed by atoms with Crippen LogP contribution in [0.4, 0.5) is 4.39 Å². The van der Waals surface area contributed by atoms with E-state index in [-0.39, 0.29) is 36.1 Å². The Kier molecular flexibility index (Phi) is 7.33. The molecule has 0 aliphatic carbocycles. The molecule has 1 heterocycles. The van der Waals surface area contributed by atoms with Crippen molar-refractivity contribution in [1.29, 1.82) is 0 Å². The van der Waals surface area contributed by atoms with Gasteiger partial charge in [-0.15, -0.1) is 0 Å². The topological polar surface area (TPSA) is 66.9 Å². The zero-order chi connectivity index (χ0) is 22.6. The van der Waals surface area contributed by atoms with Gasteiger partial charge in [0.2, 0.25) is 15.9 Å². The molecule has 1 fully saturated rings. The Bertz CT molecular complexity index is 1010. The van der Waals surface area contributed by atoms with Crippen LogP contribution in [0.25, 0.3) is 0 Å². The average molecular weight is 449 g/mol. The van der Waals surface area contributed by atoms with Crippen LogP contribution < -0.4 is 4.74 Å². The smallest absolute Gasteiger partial charge is 0.243 e. The molecule has 0 radical (unpaired) electrons. The molecule has 3 rings (SSSR count). The monoisotopic (exact) mass is 448 g/mol. The Hall–Kier alpha value is -2.45. The van der Waals surface area contributed by atoms with Gasteiger partial charge in [0.15, 0.2) is 11.6 Å². The first-order valence-corrected chi connectivity index (χ1v) is 11.9. The second-order valence-electron chi connectivity index (χ2n) is 7.98. The van der Waals surface area contributed by atoms with Crippen molar-refractivity contribution in [3.05, 3.63) is 59.4 Å². The summed E-state index contributed by atoms with van der Waals surface area (Å²) in [5.41, 5.74) is 1.81. The first kappa shape index (κ1) is 23.2. The van der Waals surface area contributed by atoms with E-state index in [1.807, 2.05) is 12.1 Å². The summed E-state index contributed by atoms with van der Waals surface area (Å²) in [5.74, 6) is -0.00534. The molecule has 2 aromatic carbocycles. The van der Waals surface area contributed by atoms with Gasteiger partial charge >= 0.3 is 0 Å². The minimum Gasteiger partial charge on any atom is -0.494 e. The van der Waals surface area contributed by atoms with Crippen LogP contribution in [0.3, 0.4) is 0 Å². The standard InChI is InChI=1S/C23H29FN2O4S/c1-17(2)19-6-8-20(9-7-19)31(28,29)26-14-12-25(13-15-26)23(27)11-5-18-4-10-22(30-3)21(24)16-18/h4,6-10,16-17H,5,11-15H2,1-3H3. The van der Waals surface area contributed by atoms with E-state index in [2.05, 4.69) is 13.8 Å². The van der Waals surface area contributed by atoms with E-state index in [1.165, 1.54) is 17.5 Å². The lowest BCUT2D eigenvalue weighted by atomic mass is 10.0. The molecule has 1 aliphatic rings. The number of hydrogen-bond donors (Lipinski definition) is 0. The number of halogens is 1. The Morgan fingerprint density at radius 3 is 2.26 bits per heavy atom. The summed E-state index contributed by atoms with van der Waals surface area (Å²) < 4.78 is 46.0. The zero-order valence-electron chi connectivity index (χ0n) is 18.2. The molecule has 0 aromatic heterocycles. The summed E-state index contributed by atoms with van der Waals surface area (Å²) >= 11 is 0. The van der Waals surface area contributed by atoms with Gasteiger partial charge in [-0.05, 0) is 47.7 Å². The van der Waals surface area contributed by atoms with Crippen LogP contribution in [0.5, 0.6) is 5.75 Å². The van der Waals surface area contributed by atoms with Gasteiger partial charge in [0, 0.05) is 32.6 Å². The van der Waals surface area contributed by atoms with Gasteiger partial charge in [-0.25, -0.2) is 12.8 Å². The number of carbonyl (C=O) groups excluding carboxylic acids is 1. The molecule has 0 saturated carbocycles. The predicted molar refractivity (Wildman–Crippen MR) is 117 cm³/mol. The molecule has 0 bridgehead atoms. The van der Waals surface area contributed by atoms with Crippen molar-refractivity contribution in [3.8, 4) is 5.75 Å². The number of carbonyl (C=O) groups is 1. The van der Waals surface area contributed by atoms with E-state index >= 15 is 0 Å². The summed E-state index contributed by atoms with van der Waals surface area (Å²) in [5, 5.41) is 0. The number of rotatable bonds is 7. The lowest BCUT2D eigenvalue weighted by Crippen LogP contribution is -2.50. The Morgan fingerprint density at radius 2 is 1.71 bits per heavy atom. The Labute approximate surface area is 183 Å². The maximum absolute atomic E-state index is 13.8. The van der Waals surface area contributed by atoms with Crippen molar-refractivity contribution in [2.45, 2.75) is 37.5 Å². The van der Waals surface area contributed by atoms with E-state index in [0.29, 0.717) is 25.4 Å². The molecule has 1 aliphatic heterocycles. The highest BCUT2D eigenvalue weighted by Crippen LogP contribution is 2.22. The van der Waals surface area contributed by atoms with Crippen LogP contribution in [-0.2, 0) is 21.2 Å². The Morgan fingerprint density at radius 1 is 1.06 bits per heavy atom. The molecule has 2 aromatic rings. The van der Waals surface area contributed by atoms with E-state index in [1.54, 1.807) is 29.2 Å². The fraction of sp³-hybridized carbons (Fsp3) is 0.435. The molecule has 6 nitrogen and oxygen atoms in total. The highest BCUT2D eigenvalue weighted by Gasteiger charge is 2.30. The van der Waals surface area contributed by atoms with Crippen molar-refractivity contribution in [2.75, 3.05) is 33.3 Å². The molecular weight excluding hydrogens is 419 g/mol. The number of amides is 1. The van der Waals surface area contributed by atoms with Crippen LogP contribution >= 0.6 is 0 Å². The summed E-state index contributed by atoms with van der Waals surface area (Å²) in [6.07, 6.45) is 0.662. The largest absolute Gasteiger partial charge is 0.494 e. The van der Waals surface area contributed by atoms with E-state index < -0.39 is 15.8 Å². The summed E-state index contributed by atoms with van der Waals surface area (Å²) in [4.78, 5) is 14.5. The predicted octanol–water partition coefficient (Wildman–Crippen LogP) is 3.42. The van der Waals surface area contributed by atoms with Crippen LogP contribution in [0.1, 0.15) is 37.3 Å². The molecule has 1 saturated heterocycles. The van der Waals surface area contributed by atoms with Gasteiger partial charge in [0.05, 0.1) is 12.0 Å². The molecule has 168 valence electrons.